The van der Waals surface area contributed by atoms with E-state index in [1.165, 1.54) is 5.56 Å². The predicted octanol–water partition coefficient (Wildman–Crippen LogP) is 1.48. The van der Waals surface area contributed by atoms with Gasteiger partial charge >= 0.3 is 0 Å². The predicted molar refractivity (Wildman–Crippen MR) is 90.5 cm³/mol. The van der Waals surface area contributed by atoms with Crippen LogP contribution in [0.3, 0.4) is 0 Å². The standard InChI is InChI=1S/C18H27N3O2/c1-3-21-13-10-19-17(22)18(21)8-11-20(12-9-18)14-15-4-6-16(23-2)7-5-15/h4-7H,3,8-14H2,1-2H3,(H,19,22). The molecule has 2 fully saturated rings. The van der Waals surface area contributed by atoms with Gasteiger partial charge < -0.3 is 10.1 Å². The zero-order chi connectivity index (χ0) is 16.3. The summed E-state index contributed by atoms with van der Waals surface area (Å²) in [4.78, 5) is 17.3. The molecule has 126 valence electrons. The highest BCUT2D eigenvalue weighted by Gasteiger charge is 2.47. The number of carbonyl (C=O) groups is 1. The van der Waals surface area contributed by atoms with Gasteiger partial charge in [0.25, 0.3) is 0 Å². The molecule has 2 aliphatic heterocycles. The molecule has 2 heterocycles. The van der Waals surface area contributed by atoms with Gasteiger partial charge in [0, 0.05) is 32.7 Å². The van der Waals surface area contributed by atoms with E-state index in [1.54, 1.807) is 7.11 Å². The molecule has 23 heavy (non-hydrogen) atoms. The second-order valence-corrected chi connectivity index (χ2v) is 6.49. The molecule has 5 heteroatoms. The number of hydrogen-bond donors (Lipinski definition) is 1. The Hall–Kier alpha value is -1.59. The minimum atomic E-state index is -0.274. The van der Waals surface area contributed by atoms with Crippen molar-refractivity contribution < 1.29 is 9.53 Å². The minimum Gasteiger partial charge on any atom is -0.497 e. The second-order valence-electron chi connectivity index (χ2n) is 6.49. The summed E-state index contributed by atoms with van der Waals surface area (Å²) >= 11 is 0. The molecule has 0 aromatic heterocycles. The fraction of sp³-hybridized carbons (Fsp3) is 0.611. The third kappa shape index (κ3) is 3.21. The molecule has 1 amide bonds. The fourth-order valence-electron chi connectivity index (χ4n) is 3.90. The molecule has 0 bridgehead atoms. The minimum absolute atomic E-state index is 0.231. The van der Waals surface area contributed by atoms with Gasteiger partial charge in [-0.3, -0.25) is 14.6 Å². The van der Waals surface area contributed by atoms with Crippen molar-refractivity contribution in [2.45, 2.75) is 31.8 Å². The summed E-state index contributed by atoms with van der Waals surface area (Å²) in [6.07, 6.45) is 1.84. The van der Waals surface area contributed by atoms with Crippen molar-refractivity contribution in [3.63, 3.8) is 0 Å². The van der Waals surface area contributed by atoms with Crippen molar-refractivity contribution in [2.24, 2.45) is 0 Å². The van der Waals surface area contributed by atoms with Gasteiger partial charge in [-0.1, -0.05) is 19.1 Å². The number of likely N-dealkylation sites (N-methyl/N-ethyl adjacent to an activating group) is 1. The molecule has 2 saturated heterocycles. The van der Waals surface area contributed by atoms with E-state index < -0.39 is 0 Å². The summed E-state index contributed by atoms with van der Waals surface area (Å²) in [6, 6.07) is 8.26. The molecule has 0 atom stereocenters. The van der Waals surface area contributed by atoms with Crippen molar-refractivity contribution in [1.29, 1.82) is 0 Å². The summed E-state index contributed by atoms with van der Waals surface area (Å²) in [7, 11) is 1.69. The zero-order valence-corrected chi connectivity index (χ0v) is 14.2. The smallest absolute Gasteiger partial charge is 0.240 e. The normalized spacial score (nSPS) is 22.1. The number of carbonyl (C=O) groups excluding carboxylic acids is 1. The quantitative estimate of drug-likeness (QED) is 0.914. The van der Waals surface area contributed by atoms with Crippen molar-refractivity contribution in [2.75, 3.05) is 39.8 Å². The van der Waals surface area contributed by atoms with Crippen LogP contribution >= 0.6 is 0 Å². The third-order valence-corrected chi connectivity index (χ3v) is 5.33. The van der Waals surface area contributed by atoms with Crippen LogP contribution in [-0.2, 0) is 11.3 Å². The Bertz CT molecular complexity index is 536. The zero-order valence-electron chi connectivity index (χ0n) is 14.2. The lowest BCUT2D eigenvalue weighted by Crippen LogP contribution is -2.67. The summed E-state index contributed by atoms with van der Waals surface area (Å²) in [5.41, 5.74) is 1.02. The van der Waals surface area contributed by atoms with Gasteiger partial charge in [0.15, 0.2) is 0 Å². The number of nitrogens with zero attached hydrogens (tertiary/aromatic N) is 2. The van der Waals surface area contributed by atoms with Gasteiger partial charge in [-0.25, -0.2) is 0 Å². The number of amides is 1. The first-order valence-corrected chi connectivity index (χ1v) is 8.56. The summed E-state index contributed by atoms with van der Waals surface area (Å²) < 4.78 is 5.21. The van der Waals surface area contributed by atoms with Gasteiger partial charge in [0.2, 0.25) is 5.91 Å². The number of ether oxygens (including phenoxy) is 1. The van der Waals surface area contributed by atoms with E-state index in [-0.39, 0.29) is 11.4 Å². The van der Waals surface area contributed by atoms with Crippen LogP contribution in [0.2, 0.25) is 0 Å². The fourth-order valence-corrected chi connectivity index (χ4v) is 3.90. The summed E-state index contributed by atoms with van der Waals surface area (Å²) in [6.45, 7) is 7.74. The van der Waals surface area contributed by atoms with Gasteiger partial charge in [-0.05, 0) is 37.1 Å². The Morgan fingerprint density at radius 1 is 1.17 bits per heavy atom. The van der Waals surface area contributed by atoms with Gasteiger partial charge in [0.05, 0.1) is 7.11 Å². The maximum Gasteiger partial charge on any atom is 0.240 e. The summed E-state index contributed by atoms with van der Waals surface area (Å²) in [5, 5.41) is 3.07. The topological polar surface area (TPSA) is 44.8 Å². The van der Waals surface area contributed by atoms with Crippen LogP contribution in [-0.4, -0.2) is 61.1 Å². The molecular formula is C18H27N3O2. The molecule has 1 aromatic carbocycles. The molecule has 0 radical (unpaired) electrons. The molecule has 0 unspecified atom stereocenters. The number of methoxy groups -OCH3 is 1. The Balaban J connectivity index is 1.61. The molecule has 5 nitrogen and oxygen atoms in total. The number of rotatable bonds is 4. The Kier molecular flexibility index (Phi) is 4.87. The highest BCUT2D eigenvalue weighted by molar-refractivity contribution is 5.87. The maximum atomic E-state index is 12.5. The molecule has 3 rings (SSSR count). The number of piperazine rings is 1. The Labute approximate surface area is 138 Å². The maximum absolute atomic E-state index is 12.5. The highest BCUT2D eigenvalue weighted by Crippen LogP contribution is 2.31. The molecule has 1 spiro atoms. The lowest BCUT2D eigenvalue weighted by Gasteiger charge is -2.49. The van der Waals surface area contributed by atoms with Crippen LogP contribution in [0.4, 0.5) is 0 Å². The van der Waals surface area contributed by atoms with Crippen LogP contribution in [0, 0.1) is 0 Å². The second kappa shape index (κ2) is 6.89. The van der Waals surface area contributed by atoms with Crippen LogP contribution in [0.15, 0.2) is 24.3 Å². The van der Waals surface area contributed by atoms with E-state index in [1.807, 2.05) is 12.1 Å². The first kappa shape index (κ1) is 16.3. The van der Waals surface area contributed by atoms with Gasteiger partial charge in [0.1, 0.15) is 11.3 Å². The monoisotopic (exact) mass is 317 g/mol. The van der Waals surface area contributed by atoms with Crippen molar-refractivity contribution >= 4 is 5.91 Å². The summed E-state index contributed by atoms with van der Waals surface area (Å²) in [5.74, 6) is 1.12. The lowest BCUT2D eigenvalue weighted by atomic mass is 9.83. The Morgan fingerprint density at radius 3 is 2.48 bits per heavy atom. The first-order valence-electron chi connectivity index (χ1n) is 8.56. The average molecular weight is 317 g/mol. The van der Waals surface area contributed by atoms with E-state index in [0.717, 1.165) is 57.9 Å². The molecular weight excluding hydrogens is 290 g/mol. The van der Waals surface area contributed by atoms with E-state index in [0.29, 0.717) is 0 Å². The molecule has 0 saturated carbocycles. The Morgan fingerprint density at radius 2 is 1.87 bits per heavy atom. The SMILES string of the molecule is CCN1CCNC(=O)C12CCN(Cc1ccc(OC)cc1)CC2. The highest BCUT2D eigenvalue weighted by atomic mass is 16.5. The van der Waals surface area contributed by atoms with E-state index >= 15 is 0 Å². The van der Waals surface area contributed by atoms with Crippen molar-refractivity contribution in [1.82, 2.24) is 15.1 Å². The number of nitrogens with one attached hydrogen (secondary N) is 1. The first-order chi connectivity index (χ1) is 11.2. The largest absolute Gasteiger partial charge is 0.497 e. The number of benzene rings is 1. The molecule has 1 aromatic rings. The van der Waals surface area contributed by atoms with Crippen molar-refractivity contribution in [3.05, 3.63) is 29.8 Å². The number of hydrogen-bond acceptors (Lipinski definition) is 4. The van der Waals surface area contributed by atoms with Gasteiger partial charge in [-0.15, -0.1) is 0 Å². The average Bonchev–Trinajstić information content (AvgIpc) is 2.60. The molecule has 0 aliphatic carbocycles. The van der Waals surface area contributed by atoms with Crippen LogP contribution in [0.25, 0.3) is 0 Å². The number of piperidine rings is 1. The van der Waals surface area contributed by atoms with E-state index in [4.69, 9.17) is 4.74 Å². The van der Waals surface area contributed by atoms with Crippen LogP contribution in [0.5, 0.6) is 5.75 Å². The van der Waals surface area contributed by atoms with Gasteiger partial charge in [-0.2, -0.15) is 0 Å². The van der Waals surface area contributed by atoms with Crippen LogP contribution < -0.4 is 10.1 Å². The molecule has 2 aliphatic rings. The molecule has 1 N–H and O–H groups in total. The lowest BCUT2D eigenvalue weighted by molar-refractivity contribution is -0.141. The van der Waals surface area contributed by atoms with E-state index in [2.05, 4.69) is 34.2 Å². The number of likely N-dealkylation sites (tertiary alicyclic amines) is 1. The third-order valence-electron chi connectivity index (χ3n) is 5.33. The van der Waals surface area contributed by atoms with Crippen molar-refractivity contribution in [3.8, 4) is 5.75 Å². The van der Waals surface area contributed by atoms with E-state index in [9.17, 15) is 4.79 Å². The van der Waals surface area contributed by atoms with Crippen LogP contribution in [0.1, 0.15) is 25.3 Å².